The molecule has 9 heteroatoms. The molecule has 0 radical (unpaired) electrons. The second kappa shape index (κ2) is 8.48. The molecule has 1 N–H and O–H groups in total. The second-order valence-electron chi connectivity index (χ2n) is 7.43. The summed E-state index contributed by atoms with van der Waals surface area (Å²) in [6.45, 7) is 2.36. The van der Waals surface area contributed by atoms with Gasteiger partial charge in [-0.25, -0.2) is 0 Å². The lowest BCUT2D eigenvalue weighted by Crippen LogP contribution is -2.50. The number of benzene rings is 1. The number of hydrogen-bond acceptors (Lipinski definition) is 4. The van der Waals surface area contributed by atoms with Crippen LogP contribution in [0.4, 0.5) is 13.2 Å². The molecule has 2 aliphatic heterocycles. The maximum atomic E-state index is 13.1. The van der Waals surface area contributed by atoms with Crippen molar-refractivity contribution >= 4 is 11.9 Å². The summed E-state index contributed by atoms with van der Waals surface area (Å²) in [4.78, 5) is 28.8. The zero-order valence-electron chi connectivity index (χ0n) is 15.4. The molecule has 2 atom stereocenters. The van der Waals surface area contributed by atoms with Crippen LogP contribution in [0.1, 0.15) is 5.56 Å². The summed E-state index contributed by atoms with van der Waals surface area (Å²) < 4.78 is 39.2. The summed E-state index contributed by atoms with van der Waals surface area (Å²) in [6.07, 6.45) is -4.58. The third-order valence-corrected chi connectivity index (χ3v) is 5.47. The fourth-order valence-corrected chi connectivity index (χ4v) is 3.88. The van der Waals surface area contributed by atoms with Crippen LogP contribution in [-0.2, 0) is 16.1 Å². The summed E-state index contributed by atoms with van der Waals surface area (Å²) in [7, 11) is 0. The Bertz CT molecular complexity index is 691. The van der Waals surface area contributed by atoms with E-state index >= 15 is 0 Å². The van der Waals surface area contributed by atoms with Gasteiger partial charge in [0.2, 0.25) is 5.91 Å². The Morgan fingerprint density at radius 1 is 1.00 bits per heavy atom. The third kappa shape index (κ3) is 5.02. The number of nitrogens with zero attached hydrogens (tertiary/aromatic N) is 3. The Hall–Kier alpha value is -2.13. The predicted molar refractivity (Wildman–Crippen MR) is 95.4 cm³/mol. The number of carbonyl (C=O) groups excluding carboxylic acids is 1. The number of piperazine rings is 1. The van der Waals surface area contributed by atoms with E-state index in [-0.39, 0.29) is 19.0 Å². The monoisotopic (exact) mass is 399 g/mol. The van der Waals surface area contributed by atoms with Crippen molar-refractivity contribution < 1.29 is 27.9 Å². The first-order chi connectivity index (χ1) is 13.2. The first-order valence-corrected chi connectivity index (χ1v) is 9.30. The van der Waals surface area contributed by atoms with Crippen LogP contribution >= 0.6 is 0 Å². The van der Waals surface area contributed by atoms with Gasteiger partial charge >= 0.3 is 12.1 Å². The SMILES string of the molecule is O=C(O)[C@@H]1CN(CC(=O)N2CCN(Cc3ccccc3)CC2)C[C@H]1C(F)(F)F. The van der Waals surface area contributed by atoms with Crippen molar-refractivity contribution in [3.8, 4) is 0 Å². The zero-order chi connectivity index (χ0) is 20.3. The molecule has 1 aromatic rings. The normalized spacial score (nSPS) is 24.5. The van der Waals surface area contributed by atoms with Gasteiger partial charge in [-0.15, -0.1) is 0 Å². The van der Waals surface area contributed by atoms with Crippen molar-refractivity contribution in [1.29, 1.82) is 0 Å². The molecule has 3 rings (SSSR count). The summed E-state index contributed by atoms with van der Waals surface area (Å²) in [5.74, 6) is -5.16. The summed E-state index contributed by atoms with van der Waals surface area (Å²) in [5, 5.41) is 9.07. The highest BCUT2D eigenvalue weighted by molar-refractivity contribution is 5.79. The number of halogens is 3. The second-order valence-corrected chi connectivity index (χ2v) is 7.43. The minimum atomic E-state index is -4.58. The molecular weight excluding hydrogens is 375 g/mol. The molecular formula is C19H24F3N3O3. The van der Waals surface area contributed by atoms with Crippen LogP contribution in [-0.4, -0.2) is 83.7 Å². The van der Waals surface area contributed by atoms with Gasteiger partial charge in [-0.3, -0.25) is 19.4 Å². The van der Waals surface area contributed by atoms with Crippen LogP contribution in [0.5, 0.6) is 0 Å². The molecule has 0 spiro atoms. The lowest BCUT2D eigenvalue weighted by Gasteiger charge is -2.35. The van der Waals surface area contributed by atoms with Crippen LogP contribution in [0.25, 0.3) is 0 Å². The lowest BCUT2D eigenvalue weighted by molar-refractivity contribution is -0.188. The summed E-state index contributed by atoms with van der Waals surface area (Å²) >= 11 is 0. The van der Waals surface area contributed by atoms with Gasteiger partial charge in [0.25, 0.3) is 0 Å². The molecule has 28 heavy (non-hydrogen) atoms. The fraction of sp³-hybridized carbons (Fsp3) is 0.579. The number of carboxylic acid groups (broad SMARTS) is 1. The highest BCUT2D eigenvalue weighted by atomic mass is 19.4. The average molecular weight is 399 g/mol. The van der Waals surface area contributed by atoms with E-state index in [2.05, 4.69) is 4.90 Å². The Kier molecular flexibility index (Phi) is 6.24. The Labute approximate surface area is 161 Å². The fourth-order valence-electron chi connectivity index (χ4n) is 3.88. The van der Waals surface area contributed by atoms with Crippen molar-refractivity contribution in [2.24, 2.45) is 11.8 Å². The molecule has 2 saturated heterocycles. The molecule has 0 aliphatic carbocycles. The molecule has 0 unspecified atom stereocenters. The van der Waals surface area contributed by atoms with Crippen molar-refractivity contribution in [2.45, 2.75) is 12.7 Å². The predicted octanol–water partition coefficient (Wildman–Crippen LogP) is 1.53. The van der Waals surface area contributed by atoms with Crippen molar-refractivity contribution in [3.63, 3.8) is 0 Å². The molecule has 2 heterocycles. The van der Waals surface area contributed by atoms with Gasteiger partial charge in [0.05, 0.1) is 18.4 Å². The van der Waals surface area contributed by atoms with Crippen LogP contribution in [0.2, 0.25) is 0 Å². The molecule has 1 amide bonds. The van der Waals surface area contributed by atoms with Gasteiger partial charge in [0.15, 0.2) is 0 Å². The molecule has 154 valence electrons. The van der Waals surface area contributed by atoms with Crippen molar-refractivity contribution in [1.82, 2.24) is 14.7 Å². The minimum Gasteiger partial charge on any atom is -0.481 e. The topological polar surface area (TPSA) is 64.1 Å². The van der Waals surface area contributed by atoms with E-state index in [4.69, 9.17) is 5.11 Å². The zero-order valence-corrected chi connectivity index (χ0v) is 15.4. The number of carbonyl (C=O) groups is 2. The highest BCUT2D eigenvalue weighted by Crippen LogP contribution is 2.37. The van der Waals surface area contributed by atoms with Gasteiger partial charge in [0, 0.05) is 45.8 Å². The summed E-state index contributed by atoms with van der Waals surface area (Å²) in [6, 6.07) is 9.99. The van der Waals surface area contributed by atoms with Crippen LogP contribution in [0.15, 0.2) is 30.3 Å². The van der Waals surface area contributed by atoms with Crippen molar-refractivity contribution in [3.05, 3.63) is 35.9 Å². The van der Waals surface area contributed by atoms with E-state index in [0.717, 1.165) is 6.54 Å². The van der Waals surface area contributed by atoms with Gasteiger partial charge in [-0.05, 0) is 5.56 Å². The average Bonchev–Trinajstić information content (AvgIpc) is 3.08. The van der Waals surface area contributed by atoms with Crippen molar-refractivity contribution in [2.75, 3.05) is 45.8 Å². The number of amides is 1. The molecule has 2 fully saturated rings. The summed E-state index contributed by atoms with van der Waals surface area (Å²) in [5.41, 5.74) is 1.19. The molecule has 2 aliphatic rings. The molecule has 6 nitrogen and oxygen atoms in total. The smallest absolute Gasteiger partial charge is 0.393 e. The number of rotatable bonds is 5. The van der Waals surface area contributed by atoms with E-state index in [1.807, 2.05) is 30.3 Å². The lowest BCUT2D eigenvalue weighted by atomic mass is 9.96. The highest BCUT2D eigenvalue weighted by Gasteiger charge is 2.52. The molecule has 0 saturated carbocycles. The number of likely N-dealkylation sites (tertiary alicyclic amines) is 1. The molecule has 0 bridgehead atoms. The Morgan fingerprint density at radius 3 is 2.18 bits per heavy atom. The standard InChI is InChI=1S/C19H24F3N3O3/c20-19(21,22)16-12-24(11-15(16)18(27)28)13-17(26)25-8-6-23(7-9-25)10-14-4-2-1-3-5-14/h1-5,15-16H,6-13H2,(H,27,28)/t15-,16-/m1/s1. The van der Waals surface area contributed by atoms with Crippen LogP contribution in [0, 0.1) is 11.8 Å². The number of alkyl halides is 3. The van der Waals surface area contributed by atoms with Gasteiger partial charge in [0.1, 0.15) is 0 Å². The van der Waals surface area contributed by atoms with E-state index in [1.54, 1.807) is 4.90 Å². The maximum absolute atomic E-state index is 13.1. The van der Waals surface area contributed by atoms with Crippen LogP contribution < -0.4 is 0 Å². The minimum absolute atomic E-state index is 0.172. The third-order valence-electron chi connectivity index (χ3n) is 5.47. The Morgan fingerprint density at radius 2 is 1.64 bits per heavy atom. The molecule has 1 aromatic carbocycles. The largest absolute Gasteiger partial charge is 0.481 e. The number of aliphatic carboxylic acids is 1. The first kappa shape index (κ1) is 20.6. The Balaban J connectivity index is 1.49. The van der Waals surface area contributed by atoms with Crippen LogP contribution in [0.3, 0.4) is 0 Å². The van der Waals surface area contributed by atoms with E-state index in [1.165, 1.54) is 10.5 Å². The maximum Gasteiger partial charge on any atom is 0.393 e. The van der Waals surface area contributed by atoms with E-state index in [0.29, 0.717) is 26.2 Å². The van der Waals surface area contributed by atoms with E-state index in [9.17, 15) is 22.8 Å². The quantitative estimate of drug-likeness (QED) is 0.814. The first-order valence-electron chi connectivity index (χ1n) is 9.30. The number of carboxylic acids is 1. The van der Waals surface area contributed by atoms with Gasteiger partial charge in [-0.1, -0.05) is 30.3 Å². The van der Waals surface area contributed by atoms with Gasteiger partial charge in [-0.2, -0.15) is 13.2 Å². The van der Waals surface area contributed by atoms with E-state index < -0.39 is 30.5 Å². The molecule has 0 aromatic heterocycles. The number of hydrogen-bond donors (Lipinski definition) is 1. The van der Waals surface area contributed by atoms with Gasteiger partial charge < -0.3 is 10.0 Å².